The Bertz CT molecular complexity index is 452. The maximum atomic E-state index is 13.2. The molecule has 9 heteroatoms. The number of benzene rings is 1. The summed E-state index contributed by atoms with van der Waals surface area (Å²) in [4.78, 5) is 7.57. The first-order valence-corrected chi connectivity index (χ1v) is 5.41. The molecule has 0 aliphatic rings. The van der Waals surface area contributed by atoms with Crippen LogP contribution in [0.4, 0.5) is 23.2 Å². The summed E-state index contributed by atoms with van der Waals surface area (Å²) < 4.78 is 54.2. The second-order valence-electron chi connectivity index (χ2n) is 3.17. The molecule has 0 bridgehead atoms. The molecule has 1 aromatic rings. The van der Waals surface area contributed by atoms with Crippen LogP contribution in [0.15, 0.2) is 18.2 Å². The van der Waals surface area contributed by atoms with Gasteiger partial charge >= 0.3 is 11.9 Å². The van der Waals surface area contributed by atoms with E-state index in [4.69, 9.17) is 0 Å². The zero-order valence-electron chi connectivity index (χ0n) is 8.58. The number of hydrogen-bond acceptors (Lipinski definition) is 3. The van der Waals surface area contributed by atoms with E-state index in [2.05, 4.69) is 20.7 Å². The van der Waals surface area contributed by atoms with E-state index in [0.717, 1.165) is 18.2 Å². The van der Waals surface area contributed by atoms with Gasteiger partial charge < -0.3 is 4.74 Å². The van der Waals surface area contributed by atoms with E-state index in [9.17, 15) is 27.7 Å². The molecule has 18 heavy (non-hydrogen) atoms. The molecule has 0 aliphatic heterocycles. The molecule has 0 fully saturated rings. The summed E-state index contributed by atoms with van der Waals surface area (Å²) >= 11 is 2.30. The minimum absolute atomic E-state index is 0.725. The van der Waals surface area contributed by atoms with Crippen molar-refractivity contribution in [2.24, 2.45) is 0 Å². The van der Waals surface area contributed by atoms with E-state index in [1.165, 1.54) is 0 Å². The smallest absolute Gasteiger partial charge is 0.404 e. The van der Waals surface area contributed by atoms with Crippen LogP contribution in [0.2, 0.25) is 0 Å². The van der Waals surface area contributed by atoms with Crippen molar-refractivity contribution in [2.75, 3.05) is 6.61 Å². The number of alkyl halides is 4. The molecule has 1 unspecified atom stereocenters. The summed E-state index contributed by atoms with van der Waals surface area (Å²) in [5.74, 6) is -1.90. The van der Waals surface area contributed by atoms with Crippen molar-refractivity contribution in [3.63, 3.8) is 0 Å². The summed E-state index contributed by atoms with van der Waals surface area (Å²) in [5, 5.41) is 10.5. The van der Waals surface area contributed by atoms with E-state index in [1.807, 2.05) is 0 Å². The van der Waals surface area contributed by atoms with Gasteiger partial charge in [-0.2, -0.15) is 13.2 Å². The maximum Gasteiger partial charge on any atom is 0.404 e. The molecule has 0 amide bonds. The van der Waals surface area contributed by atoms with Crippen molar-refractivity contribution in [3.8, 4) is 5.75 Å². The van der Waals surface area contributed by atoms with E-state index < -0.39 is 39.8 Å². The third-order valence-corrected chi connectivity index (χ3v) is 2.66. The van der Waals surface area contributed by atoms with E-state index in [-0.39, 0.29) is 0 Å². The monoisotopic (exact) mass is 331 g/mol. The Labute approximate surface area is 107 Å². The molecule has 1 aromatic carbocycles. The number of nitro benzene ring substituents is 1. The molecule has 100 valence electrons. The van der Waals surface area contributed by atoms with Crippen molar-refractivity contribution < 1.29 is 27.2 Å². The fraction of sp³-hybridized carbons (Fsp3) is 0.333. The number of nitro groups is 1. The molecule has 4 nitrogen and oxygen atoms in total. The van der Waals surface area contributed by atoms with Crippen LogP contribution in [0, 0.1) is 15.9 Å². The third kappa shape index (κ3) is 3.56. The number of halogens is 5. The Morgan fingerprint density at radius 1 is 1.44 bits per heavy atom. The van der Waals surface area contributed by atoms with E-state index in [1.54, 1.807) is 0 Å². The Hall–Kier alpha value is -1.38. The zero-order valence-corrected chi connectivity index (χ0v) is 10.2. The molecular weight excluding hydrogens is 326 g/mol. The lowest BCUT2D eigenvalue weighted by Crippen LogP contribution is -2.29. The van der Waals surface area contributed by atoms with Crippen LogP contribution < -0.4 is 4.74 Å². The van der Waals surface area contributed by atoms with E-state index >= 15 is 0 Å². The van der Waals surface area contributed by atoms with Gasteiger partial charge in [-0.3, -0.25) is 10.1 Å². The van der Waals surface area contributed by atoms with E-state index in [0.29, 0.717) is 0 Å². The molecule has 0 N–H and O–H groups in total. The lowest BCUT2D eigenvalue weighted by Gasteiger charge is -2.14. The first kappa shape index (κ1) is 14.7. The Balaban J connectivity index is 2.88. The SMILES string of the molecule is O=[N+]([O-])c1cccc(F)c1OCC(Br)C(F)(F)F. The lowest BCUT2D eigenvalue weighted by molar-refractivity contribution is -0.386. The van der Waals surface area contributed by atoms with Gasteiger partial charge in [0.2, 0.25) is 5.75 Å². The van der Waals surface area contributed by atoms with Crippen LogP contribution in [0.1, 0.15) is 0 Å². The minimum Gasteiger partial charge on any atom is -0.483 e. The summed E-state index contributed by atoms with van der Waals surface area (Å²) in [6, 6.07) is 2.87. The summed E-state index contributed by atoms with van der Waals surface area (Å²) in [6.45, 7) is -0.967. The molecular formula is C9H6BrF4NO3. The fourth-order valence-corrected chi connectivity index (χ4v) is 1.17. The average molecular weight is 332 g/mol. The van der Waals surface area contributed by atoms with Gasteiger partial charge in [-0.15, -0.1) is 0 Å². The van der Waals surface area contributed by atoms with Crippen LogP contribution in [0.5, 0.6) is 5.75 Å². The highest BCUT2D eigenvalue weighted by Gasteiger charge is 2.38. The number of nitrogens with zero attached hydrogens (tertiary/aromatic N) is 1. The summed E-state index contributed by atoms with van der Waals surface area (Å²) in [5.41, 5.74) is -0.725. The highest BCUT2D eigenvalue weighted by Crippen LogP contribution is 2.32. The Morgan fingerprint density at radius 2 is 2.06 bits per heavy atom. The molecule has 0 heterocycles. The predicted molar refractivity (Wildman–Crippen MR) is 57.3 cm³/mol. The molecule has 1 rings (SSSR count). The van der Waals surface area contributed by atoms with Crippen molar-refractivity contribution in [2.45, 2.75) is 11.0 Å². The molecule has 0 spiro atoms. The van der Waals surface area contributed by atoms with Crippen molar-refractivity contribution in [1.82, 2.24) is 0 Å². The van der Waals surface area contributed by atoms with Gasteiger partial charge in [-0.1, -0.05) is 22.0 Å². The van der Waals surface area contributed by atoms with Crippen molar-refractivity contribution >= 4 is 21.6 Å². The van der Waals surface area contributed by atoms with Gasteiger partial charge in [0.15, 0.2) is 5.82 Å². The topological polar surface area (TPSA) is 52.4 Å². The predicted octanol–water partition coefficient (Wildman–Crippen LogP) is 3.44. The van der Waals surface area contributed by atoms with Gasteiger partial charge in [-0.05, 0) is 6.07 Å². The third-order valence-electron chi connectivity index (χ3n) is 1.87. The molecule has 0 saturated carbocycles. The van der Waals surface area contributed by atoms with Gasteiger partial charge in [0, 0.05) is 6.07 Å². The highest BCUT2D eigenvalue weighted by molar-refractivity contribution is 9.09. The van der Waals surface area contributed by atoms with Crippen LogP contribution in [0.3, 0.4) is 0 Å². The maximum absolute atomic E-state index is 13.2. The first-order valence-electron chi connectivity index (χ1n) is 4.50. The molecule has 0 saturated heterocycles. The van der Waals surface area contributed by atoms with Crippen LogP contribution in [-0.4, -0.2) is 22.5 Å². The van der Waals surface area contributed by atoms with Gasteiger partial charge in [-0.25, -0.2) is 4.39 Å². The first-order chi connectivity index (χ1) is 8.23. The lowest BCUT2D eigenvalue weighted by atomic mass is 10.3. The van der Waals surface area contributed by atoms with Crippen LogP contribution >= 0.6 is 15.9 Å². The quantitative estimate of drug-likeness (QED) is 0.367. The number of rotatable bonds is 4. The summed E-state index contributed by atoms with van der Waals surface area (Å²) in [7, 11) is 0. The second-order valence-corrected chi connectivity index (χ2v) is 4.27. The standard InChI is InChI=1S/C9H6BrF4NO3/c10-7(9(12,13)14)4-18-8-5(11)2-1-3-6(8)15(16)17/h1-3,7H,4H2. The largest absolute Gasteiger partial charge is 0.483 e. The zero-order chi connectivity index (χ0) is 13.9. The number of para-hydroxylation sites is 1. The Kier molecular flexibility index (Phi) is 4.49. The molecule has 0 aromatic heterocycles. The van der Waals surface area contributed by atoms with Crippen molar-refractivity contribution in [3.05, 3.63) is 34.1 Å². The van der Waals surface area contributed by atoms with Crippen molar-refractivity contribution in [1.29, 1.82) is 0 Å². The normalized spacial score (nSPS) is 13.2. The minimum atomic E-state index is -4.58. The molecule has 0 aliphatic carbocycles. The van der Waals surface area contributed by atoms with Gasteiger partial charge in [0.1, 0.15) is 11.4 Å². The van der Waals surface area contributed by atoms with Crippen LogP contribution in [0.25, 0.3) is 0 Å². The Morgan fingerprint density at radius 3 is 2.56 bits per heavy atom. The molecule has 1 atom stereocenters. The highest BCUT2D eigenvalue weighted by atomic mass is 79.9. The fourth-order valence-electron chi connectivity index (χ4n) is 1.04. The van der Waals surface area contributed by atoms with Gasteiger partial charge in [0.25, 0.3) is 0 Å². The van der Waals surface area contributed by atoms with Crippen LogP contribution in [-0.2, 0) is 0 Å². The number of hydrogen-bond donors (Lipinski definition) is 0. The number of ether oxygens (including phenoxy) is 1. The van der Waals surface area contributed by atoms with Gasteiger partial charge in [0.05, 0.1) is 4.92 Å². The average Bonchev–Trinajstić information content (AvgIpc) is 2.25. The summed E-state index contributed by atoms with van der Waals surface area (Å²) in [6.07, 6.45) is -4.58. The second kappa shape index (κ2) is 5.51. The molecule has 0 radical (unpaired) electrons.